The molecule has 30 heavy (non-hydrogen) atoms. The van der Waals surface area contributed by atoms with Crippen molar-refractivity contribution >= 4 is 5.91 Å². The molecule has 6 heteroatoms. The number of amides is 1. The Labute approximate surface area is 175 Å². The fourth-order valence-electron chi connectivity index (χ4n) is 6.09. The maximum Gasteiger partial charge on any atom is 0.258 e. The lowest BCUT2D eigenvalue weighted by Crippen LogP contribution is -2.52. The highest BCUT2D eigenvalue weighted by molar-refractivity contribution is 5.97. The number of carbonyl (C=O) groups excluding carboxylic acids is 1. The first-order valence-corrected chi connectivity index (χ1v) is 11.1. The van der Waals surface area contributed by atoms with Crippen LogP contribution >= 0.6 is 0 Å². The van der Waals surface area contributed by atoms with Crippen molar-refractivity contribution in [3.05, 3.63) is 46.4 Å². The summed E-state index contributed by atoms with van der Waals surface area (Å²) < 4.78 is 16.9. The minimum atomic E-state index is -0.950. The molecule has 3 aliphatic heterocycles. The number of fused-ring (bicyclic) bond motifs is 4. The van der Waals surface area contributed by atoms with Gasteiger partial charge in [-0.2, -0.15) is 0 Å². The van der Waals surface area contributed by atoms with Crippen molar-refractivity contribution in [3.63, 3.8) is 0 Å². The maximum atomic E-state index is 13.7. The molecular formula is C24H27NO5. The summed E-state index contributed by atoms with van der Waals surface area (Å²) in [5, 5.41) is 11.6. The van der Waals surface area contributed by atoms with Gasteiger partial charge in [0.15, 0.2) is 11.5 Å². The monoisotopic (exact) mass is 409 g/mol. The van der Waals surface area contributed by atoms with E-state index in [0.29, 0.717) is 18.6 Å². The molecule has 0 unspecified atom stereocenters. The Morgan fingerprint density at radius 2 is 1.83 bits per heavy atom. The Morgan fingerprint density at radius 3 is 2.63 bits per heavy atom. The molecule has 1 aromatic carbocycles. The molecule has 0 saturated carbocycles. The maximum absolute atomic E-state index is 13.7. The van der Waals surface area contributed by atoms with Crippen LogP contribution in [-0.2, 0) is 18.4 Å². The molecule has 6 nitrogen and oxygen atoms in total. The van der Waals surface area contributed by atoms with Gasteiger partial charge in [0.05, 0.1) is 11.2 Å². The van der Waals surface area contributed by atoms with E-state index in [-0.39, 0.29) is 24.8 Å². The lowest BCUT2D eigenvalue weighted by atomic mass is 9.80. The van der Waals surface area contributed by atoms with Crippen molar-refractivity contribution in [2.75, 3.05) is 6.79 Å². The predicted octanol–water partition coefficient (Wildman–Crippen LogP) is 3.85. The molecule has 1 N–H and O–H groups in total. The van der Waals surface area contributed by atoms with Crippen LogP contribution in [0.2, 0.25) is 0 Å². The summed E-state index contributed by atoms with van der Waals surface area (Å²) in [6.07, 6.45) is 7.07. The third kappa shape index (κ3) is 2.62. The molecule has 1 aliphatic carbocycles. The topological polar surface area (TPSA) is 72.1 Å². The van der Waals surface area contributed by atoms with Crippen LogP contribution in [0.5, 0.6) is 11.5 Å². The number of aryl methyl sites for hydroxylation is 2. The zero-order valence-corrected chi connectivity index (χ0v) is 17.3. The Bertz CT molecular complexity index is 1010. The largest absolute Gasteiger partial charge is 0.465 e. The molecule has 2 fully saturated rings. The lowest BCUT2D eigenvalue weighted by molar-refractivity contribution is -0.0480. The second-order valence-electron chi connectivity index (χ2n) is 9.25. The van der Waals surface area contributed by atoms with Crippen LogP contribution in [0.3, 0.4) is 0 Å². The standard InChI is InChI=1S/C24H27NO5/c1-14-22(18-4-2-3-5-19(18)30-14)23(26)25-16-7-8-17(25)12-24(27,11-16)15-6-9-20-21(10-15)29-13-28-20/h6,9-10,16-17,27H,2-5,7-8,11-13H2,1H3/t16-,17-/m1/s1. The molecule has 2 bridgehead atoms. The Kier molecular flexibility index (Phi) is 3.97. The smallest absolute Gasteiger partial charge is 0.258 e. The van der Waals surface area contributed by atoms with Crippen molar-refractivity contribution in [3.8, 4) is 11.5 Å². The number of furan rings is 1. The van der Waals surface area contributed by atoms with E-state index in [9.17, 15) is 9.90 Å². The minimum Gasteiger partial charge on any atom is -0.465 e. The van der Waals surface area contributed by atoms with Crippen molar-refractivity contribution in [2.45, 2.75) is 76.0 Å². The van der Waals surface area contributed by atoms with E-state index in [2.05, 4.69) is 0 Å². The van der Waals surface area contributed by atoms with E-state index in [1.807, 2.05) is 30.0 Å². The molecule has 2 saturated heterocycles. The van der Waals surface area contributed by atoms with E-state index in [1.165, 1.54) is 0 Å². The van der Waals surface area contributed by atoms with E-state index < -0.39 is 5.60 Å². The molecule has 0 radical (unpaired) electrons. The third-order valence-corrected chi connectivity index (χ3v) is 7.47. The number of hydrogen-bond acceptors (Lipinski definition) is 5. The molecule has 6 rings (SSSR count). The number of nitrogens with zero attached hydrogens (tertiary/aromatic N) is 1. The van der Waals surface area contributed by atoms with Gasteiger partial charge in [-0.25, -0.2) is 0 Å². The van der Waals surface area contributed by atoms with Crippen molar-refractivity contribution in [1.29, 1.82) is 0 Å². The highest BCUT2D eigenvalue weighted by atomic mass is 16.7. The van der Waals surface area contributed by atoms with Gasteiger partial charge in [-0.1, -0.05) is 6.07 Å². The average Bonchev–Trinajstić information content (AvgIpc) is 3.41. The molecule has 1 amide bonds. The summed E-state index contributed by atoms with van der Waals surface area (Å²) in [5.74, 6) is 3.26. The predicted molar refractivity (Wildman–Crippen MR) is 109 cm³/mol. The Balaban J connectivity index is 1.30. The van der Waals surface area contributed by atoms with Crippen LogP contribution in [0.15, 0.2) is 22.6 Å². The summed E-state index contributed by atoms with van der Waals surface area (Å²) >= 11 is 0. The highest BCUT2D eigenvalue weighted by Crippen LogP contribution is 2.48. The molecule has 2 aromatic rings. The SMILES string of the molecule is Cc1oc2c(c1C(=O)N1[C@@H]3CC[C@@H]1CC(O)(c1ccc4c(c1)OCO4)C3)CCCC2. The van der Waals surface area contributed by atoms with Crippen LogP contribution in [-0.4, -0.2) is 34.8 Å². The van der Waals surface area contributed by atoms with Crippen LogP contribution in [0.4, 0.5) is 0 Å². The number of carbonyl (C=O) groups is 1. The Hall–Kier alpha value is -2.47. The summed E-state index contributed by atoms with van der Waals surface area (Å²) in [7, 11) is 0. The number of ether oxygens (including phenoxy) is 2. The fraction of sp³-hybridized carbons (Fsp3) is 0.542. The summed E-state index contributed by atoms with van der Waals surface area (Å²) in [6.45, 7) is 2.14. The molecular weight excluding hydrogens is 382 g/mol. The first-order chi connectivity index (χ1) is 14.5. The molecule has 4 heterocycles. The van der Waals surface area contributed by atoms with Crippen molar-refractivity contribution in [2.24, 2.45) is 0 Å². The molecule has 2 atom stereocenters. The van der Waals surface area contributed by atoms with E-state index in [0.717, 1.165) is 72.5 Å². The van der Waals surface area contributed by atoms with Gasteiger partial charge in [-0.3, -0.25) is 4.79 Å². The van der Waals surface area contributed by atoms with Crippen LogP contribution in [0, 0.1) is 6.92 Å². The molecule has 0 spiro atoms. The van der Waals surface area contributed by atoms with E-state index in [1.54, 1.807) is 0 Å². The van der Waals surface area contributed by atoms with E-state index in [4.69, 9.17) is 13.9 Å². The number of rotatable bonds is 2. The second-order valence-corrected chi connectivity index (χ2v) is 9.25. The summed E-state index contributed by atoms with van der Waals surface area (Å²) in [5.41, 5.74) is 1.82. The summed E-state index contributed by atoms with van der Waals surface area (Å²) in [4.78, 5) is 15.7. The van der Waals surface area contributed by atoms with Gasteiger partial charge in [0.25, 0.3) is 5.91 Å². The van der Waals surface area contributed by atoms with Gasteiger partial charge in [-0.05, 0) is 56.7 Å². The first kappa shape index (κ1) is 18.3. The quantitative estimate of drug-likeness (QED) is 0.816. The van der Waals surface area contributed by atoms with Crippen molar-refractivity contribution < 1.29 is 23.8 Å². The average molecular weight is 409 g/mol. The molecule has 1 aromatic heterocycles. The zero-order valence-electron chi connectivity index (χ0n) is 17.3. The number of hydrogen-bond donors (Lipinski definition) is 1. The number of benzene rings is 1. The molecule has 158 valence electrons. The third-order valence-electron chi connectivity index (χ3n) is 7.47. The van der Waals surface area contributed by atoms with Gasteiger partial charge < -0.3 is 23.9 Å². The fourth-order valence-corrected chi connectivity index (χ4v) is 6.09. The normalized spacial score (nSPS) is 29.2. The van der Waals surface area contributed by atoms with E-state index >= 15 is 0 Å². The lowest BCUT2D eigenvalue weighted by Gasteiger charge is -2.44. The summed E-state index contributed by atoms with van der Waals surface area (Å²) in [6, 6.07) is 5.79. The number of aliphatic hydroxyl groups is 1. The van der Waals surface area contributed by atoms with Gasteiger partial charge in [0.1, 0.15) is 11.5 Å². The van der Waals surface area contributed by atoms with Crippen LogP contribution in [0.1, 0.15) is 71.5 Å². The van der Waals surface area contributed by atoms with Crippen LogP contribution in [0.25, 0.3) is 0 Å². The Morgan fingerprint density at radius 1 is 1.10 bits per heavy atom. The van der Waals surface area contributed by atoms with Gasteiger partial charge >= 0.3 is 0 Å². The van der Waals surface area contributed by atoms with Gasteiger partial charge in [0, 0.05) is 36.9 Å². The second kappa shape index (κ2) is 6.51. The van der Waals surface area contributed by atoms with Crippen LogP contribution < -0.4 is 9.47 Å². The molecule has 4 aliphatic rings. The van der Waals surface area contributed by atoms with Crippen molar-refractivity contribution in [1.82, 2.24) is 4.90 Å². The van der Waals surface area contributed by atoms with Gasteiger partial charge in [-0.15, -0.1) is 0 Å². The van der Waals surface area contributed by atoms with Gasteiger partial charge in [0.2, 0.25) is 6.79 Å². The zero-order chi connectivity index (χ0) is 20.5. The first-order valence-electron chi connectivity index (χ1n) is 11.1. The minimum absolute atomic E-state index is 0.0419. The highest BCUT2D eigenvalue weighted by Gasteiger charge is 2.51. The number of piperidine rings is 1.